The maximum absolute atomic E-state index is 12.2. The molecule has 1 aromatic heterocycles. The first kappa shape index (κ1) is 15.3. The maximum atomic E-state index is 12.2. The number of carboxylic acid groups (broad SMARTS) is 1. The maximum Gasteiger partial charge on any atom is 0.345 e. The van der Waals surface area contributed by atoms with Gasteiger partial charge >= 0.3 is 5.97 Å². The Bertz CT molecular complexity index is 768. The summed E-state index contributed by atoms with van der Waals surface area (Å²) in [5, 5.41) is 10.1. The Morgan fingerprint density at radius 1 is 1.35 bits per heavy atom. The molecule has 5 nitrogen and oxygen atoms in total. The van der Waals surface area contributed by atoms with Gasteiger partial charge in [-0.15, -0.1) is 11.3 Å². The van der Waals surface area contributed by atoms with E-state index < -0.39 is 16.0 Å². The molecular weight excluding hydrogens is 413 g/mol. The molecule has 0 amide bonds. The van der Waals surface area contributed by atoms with E-state index in [4.69, 9.17) is 5.11 Å². The fourth-order valence-corrected chi connectivity index (χ4v) is 4.41. The van der Waals surface area contributed by atoms with Gasteiger partial charge in [-0.1, -0.05) is 0 Å². The van der Waals surface area contributed by atoms with Crippen molar-refractivity contribution in [3.05, 3.63) is 43.7 Å². The van der Waals surface area contributed by atoms with E-state index in [9.17, 15) is 13.2 Å². The summed E-state index contributed by atoms with van der Waals surface area (Å²) in [4.78, 5) is 10.7. The Labute approximate surface area is 133 Å². The summed E-state index contributed by atoms with van der Waals surface area (Å²) >= 11 is 3.02. The van der Waals surface area contributed by atoms with Crippen molar-refractivity contribution in [3.8, 4) is 0 Å². The molecule has 0 spiro atoms. The van der Waals surface area contributed by atoms with Crippen LogP contribution in [0.25, 0.3) is 0 Å². The van der Waals surface area contributed by atoms with Crippen molar-refractivity contribution < 1.29 is 18.3 Å². The molecule has 0 aliphatic heterocycles. The molecule has 0 aliphatic carbocycles. The summed E-state index contributed by atoms with van der Waals surface area (Å²) in [5.41, 5.74) is 1.28. The molecular formula is C12H10INO4S2. The van der Waals surface area contributed by atoms with Crippen molar-refractivity contribution in [3.63, 3.8) is 0 Å². The van der Waals surface area contributed by atoms with Gasteiger partial charge in [-0.3, -0.25) is 4.72 Å². The molecule has 8 heteroatoms. The second kappa shape index (κ2) is 5.70. The van der Waals surface area contributed by atoms with E-state index >= 15 is 0 Å². The van der Waals surface area contributed by atoms with Gasteiger partial charge in [0.15, 0.2) is 0 Å². The zero-order chi connectivity index (χ0) is 14.9. The molecule has 0 aliphatic rings. The molecule has 2 aromatic rings. The van der Waals surface area contributed by atoms with Crippen molar-refractivity contribution in [2.75, 3.05) is 4.72 Å². The molecule has 0 saturated carbocycles. The second-order valence-electron chi connectivity index (χ2n) is 4.02. The lowest BCUT2D eigenvalue weighted by Gasteiger charge is -2.09. The molecule has 2 N–H and O–H groups in total. The van der Waals surface area contributed by atoms with Crippen LogP contribution in [0.2, 0.25) is 0 Å². The van der Waals surface area contributed by atoms with Gasteiger partial charge in [0.05, 0.1) is 10.6 Å². The van der Waals surface area contributed by atoms with Crippen molar-refractivity contribution in [1.29, 1.82) is 0 Å². The number of sulfonamides is 1. The average molecular weight is 423 g/mol. The van der Waals surface area contributed by atoms with E-state index in [2.05, 4.69) is 27.3 Å². The number of aromatic carboxylic acids is 1. The van der Waals surface area contributed by atoms with E-state index in [1.165, 1.54) is 5.38 Å². The summed E-state index contributed by atoms with van der Waals surface area (Å²) in [7, 11) is -3.77. The first-order valence-corrected chi connectivity index (χ1v) is 8.84. The van der Waals surface area contributed by atoms with Crippen LogP contribution in [0, 0.1) is 10.5 Å². The van der Waals surface area contributed by atoms with Crippen LogP contribution in [-0.4, -0.2) is 19.5 Å². The summed E-state index contributed by atoms with van der Waals surface area (Å²) in [6.07, 6.45) is 0. The van der Waals surface area contributed by atoms with Crippen LogP contribution in [0.3, 0.4) is 0 Å². The lowest BCUT2D eigenvalue weighted by molar-refractivity contribution is 0.0702. The van der Waals surface area contributed by atoms with Gasteiger partial charge in [-0.25, -0.2) is 13.2 Å². The highest BCUT2D eigenvalue weighted by molar-refractivity contribution is 14.1. The number of carbonyl (C=O) groups is 1. The van der Waals surface area contributed by atoms with Crippen molar-refractivity contribution in [2.24, 2.45) is 0 Å². The fourth-order valence-electron chi connectivity index (χ4n) is 1.52. The second-order valence-corrected chi connectivity index (χ2v) is 7.86. The molecule has 0 radical (unpaired) electrons. The Hall–Kier alpha value is -1.13. The third kappa shape index (κ3) is 3.30. The summed E-state index contributed by atoms with van der Waals surface area (Å²) < 4.78 is 27.8. The summed E-state index contributed by atoms with van der Waals surface area (Å²) in [5.74, 6) is -1.14. The largest absolute Gasteiger partial charge is 0.477 e. The molecule has 0 bridgehead atoms. The quantitative estimate of drug-likeness (QED) is 0.741. The third-order valence-corrected chi connectivity index (χ3v) is 5.61. The fraction of sp³-hybridized carbons (Fsp3) is 0.0833. The molecule has 106 valence electrons. The number of carboxylic acids is 1. The van der Waals surface area contributed by atoms with Crippen LogP contribution >= 0.6 is 33.9 Å². The number of hydrogen-bond acceptors (Lipinski definition) is 4. The number of halogens is 1. The van der Waals surface area contributed by atoms with Crippen LogP contribution in [0.1, 0.15) is 15.2 Å². The highest BCUT2D eigenvalue weighted by Gasteiger charge is 2.19. The van der Waals surface area contributed by atoms with E-state index in [1.54, 1.807) is 19.1 Å². The minimum absolute atomic E-state index is 0.00953. The van der Waals surface area contributed by atoms with Gasteiger partial charge in [0.25, 0.3) is 10.0 Å². The Morgan fingerprint density at radius 3 is 2.60 bits per heavy atom. The van der Waals surface area contributed by atoms with E-state index in [0.29, 0.717) is 5.69 Å². The highest BCUT2D eigenvalue weighted by atomic mass is 127. The Balaban J connectivity index is 2.33. The first-order valence-electron chi connectivity index (χ1n) is 5.40. The molecule has 0 atom stereocenters. The zero-order valence-electron chi connectivity index (χ0n) is 10.3. The molecule has 1 aromatic carbocycles. The highest BCUT2D eigenvalue weighted by Crippen LogP contribution is 2.24. The van der Waals surface area contributed by atoms with Crippen LogP contribution in [0.15, 0.2) is 34.5 Å². The number of hydrogen-bond donors (Lipinski definition) is 2. The van der Waals surface area contributed by atoms with Crippen LogP contribution in [0.4, 0.5) is 5.69 Å². The standard InChI is InChI=1S/C12H10INO4S2/c1-7-4-8(13)2-3-10(7)14-20(17,18)9-5-11(12(15)16)19-6-9/h2-6,14H,1H3,(H,15,16). The molecule has 0 unspecified atom stereocenters. The molecule has 0 saturated heterocycles. The molecule has 0 fully saturated rings. The number of aryl methyl sites for hydroxylation is 1. The SMILES string of the molecule is Cc1cc(I)ccc1NS(=O)(=O)c1csc(C(=O)O)c1. The van der Waals surface area contributed by atoms with E-state index in [-0.39, 0.29) is 9.77 Å². The monoisotopic (exact) mass is 423 g/mol. The first-order chi connectivity index (χ1) is 9.29. The minimum atomic E-state index is -3.77. The Morgan fingerprint density at radius 2 is 2.05 bits per heavy atom. The smallest absolute Gasteiger partial charge is 0.345 e. The molecule has 20 heavy (non-hydrogen) atoms. The van der Waals surface area contributed by atoms with Gasteiger partial charge in [-0.2, -0.15) is 0 Å². The van der Waals surface area contributed by atoms with E-state index in [1.807, 2.05) is 6.07 Å². The lowest BCUT2D eigenvalue weighted by Crippen LogP contribution is -2.13. The molecule has 2 rings (SSSR count). The van der Waals surface area contributed by atoms with Gasteiger partial charge in [0.2, 0.25) is 0 Å². The number of benzene rings is 1. The van der Waals surface area contributed by atoms with Crippen molar-refractivity contribution in [1.82, 2.24) is 0 Å². The predicted molar refractivity (Wildman–Crippen MR) is 86.0 cm³/mol. The van der Waals surface area contributed by atoms with Crippen molar-refractivity contribution >= 4 is 55.6 Å². The normalized spacial score (nSPS) is 11.3. The van der Waals surface area contributed by atoms with Gasteiger partial charge in [-0.05, 0) is 59.3 Å². The van der Waals surface area contributed by atoms with Gasteiger partial charge in [0, 0.05) is 8.95 Å². The zero-order valence-corrected chi connectivity index (χ0v) is 14.0. The van der Waals surface area contributed by atoms with Crippen LogP contribution in [0.5, 0.6) is 0 Å². The van der Waals surface area contributed by atoms with Crippen molar-refractivity contribution in [2.45, 2.75) is 11.8 Å². The summed E-state index contributed by atoms with van der Waals surface area (Å²) in [6.45, 7) is 1.80. The summed E-state index contributed by atoms with van der Waals surface area (Å²) in [6, 6.07) is 6.48. The predicted octanol–water partition coefficient (Wildman–Crippen LogP) is 3.16. The number of rotatable bonds is 4. The number of nitrogens with one attached hydrogen (secondary N) is 1. The number of thiophene rings is 1. The molecule has 1 heterocycles. The van der Waals surface area contributed by atoms with Crippen LogP contribution in [-0.2, 0) is 10.0 Å². The van der Waals surface area contributed by atoms with Gasteiger partial charge in [0.1, 0.15) is 4.88 Å². The van der Waals surface area contributed by atoms with Gasteiger partial charge < -0.3 is 5.11 Å². The topological polar surface area (TPSA) is 83.5 Å². The minimum Gasteiger partial charge on any atom is -0.477 e. The third-order valence-electron chi connectivity index (χ3n) is 2.53. The Kier molecular flexibility index (Phi) is 4.35. The van der Waals surface area contributed by atoms with E-state index in [0.717, 1.165) is 26.5 Å². The number of anilines is 1. The average Bonchev–Trinajstić information content (AvgIpc) is 2.83. The lowest BCUT2D eigenvalue weighted by atomic mass is 10.2. The van der Waals surface area contributed by atoms with Crippen LogP contribution < -0.4 is 4.72 Å².